The lowest BCUT2D eigenvalue weighted by molar-refractivity contribution is -0.147. The van der Waals surface area contributed by atoms with Crippen LogP contribution < -0.4 is 5.32 Å². The average molecular weight is 499 g/mol. The lowest BCUT2D eigenvalue weighted by Crippen LogP contribution is -2.34. The lowest BCUT2D eigenvalue weighted by Gasteiger charge is -2.16. The normalized spacial score (nSPS) is 12.0. The predicted octanol–water partition coefficient (Wildman–Crippen LogP) is 3.81. The summed E-state index contributed by atoms with van der Waals surface area (Å²) in [5.41, 5.74) is -1.35. The van der Waals surface area contributed by atoms with Gasteiger partial charge in [-0.3, -0.25) is 9.59 Å². The van der Waals surface area contributed by atoms with Gasteiger partial charge in [0.05, 0.1) is 21.2 Å². The summed E-state index contributed by atoms with van der Waals surface area (Å²) in [7, 11) is -2.88. The number of nitrogens with one attached hydrogen (secondary N) is 1. The van der Waals surface area contributed by atoms with Gasteiger partial charge in [0.25, 0.3) is 5.91 Å². The fraction of sp³-hybridized carbons (Fsp3) is 0.222. The van der Waals surface area contributed by atoms with Crippen molar-refractivity contribution in [3.8, 4) is 0 Å². The molecule has 7 nitrogen and oxygen atoms in total. The molecule has 0 fully saturated rings. The van der Waals surface area contributed by atoms with Gasteiger partial charge in [0.2, 0.25) is 10.0 Å². The molecule has 0 aliphatic rings. The number of esters is 1. The van der Waals surface area contributed by atoms with E-state index in [1.807, 2.05) is 0 Å². The topological polar surface area (TPSA) is 92.8 Å². The van der Waals surface area contributed by atoms with Crippen LogP contribution in [0.4, 0.5) is 18.9 Å². The maximum Gasteiger partial charge on any atom is 0.416 e. The highest BCUT2D eigenvalue weighted by molar-refractivity contribution is 7.89. The van der Waals surface area contributed by atoms with Crippen LogP contribution in [0.1, 0.15) is 5.56 Å². The third-order valence-electron chi connectivity index (χ3n) is 3.81. The molecule has 31 heavy (non-hydrogen) atoms. The summed E-state index contributed by atoms with van der Waals surface area (Å²) in [4.78, 5) is 23.7. The molecule has 168 valence electrons. The largest absolute Gasteiger partial charge is 0.455 e. The zero-order chi connectivity index (χ0) is 23.4. The monoisotopic (exact) mass is 498 g/mol. The Hall–Kier alpha value is -2.34. The van der Waals surface area contributed by atoms with E-state index in [1.54, 1.807) is 0 Å². The van der Waals surface area contributed by atoms with Crippen LogP contribution in [-0.2, 0) is 30.5 Å². The first kappa shape index (κ1) is 24.9. The number of halogens is 5. The molecule has 1 N–H and O–H groups in total. The van der Waals surface area contributed by atoms with Crippen molar-refractivity contribution in [2.75, 3.05) is 25.5 Å². The number of hydrogen-bond acceptors (Lipinski definition) is 5. The zero-order valence-corrected chi connectivity index (χ0v) is 18.1. The predicted molar refractivity (Wildman–Crippen MR) is 107 cm³/mol. The molecule has 0 bridgehead atoms. The number of rotatable bonds is 7. The summed E-state index contributed by atoms with van der Waals surface area (Å²) in [5, 5.41) is 2.28. The molecule has 0 radical (unpaired) electrons. The van der Waals surface area contributed by atoms with Gasteiger partial charge in [-0.25, -0.2) is 8.42 Å². The molecular formula is C18H15Cl2F3N2O5S. The summed E-state index contributed by atoms with van der Waals surface area (Å²) in [6, 6.07) is 7.58. The van der Waals surface area contributed by atoms with Crippen molar-refractivity contribution in [1.29, 1.82) is 0 Å². The molecule has 1 amide bonds. The van der Waals surface area contributed by atoms with E-state index in [0.717, 1.165) is 19.2 Å². The molecule has 0 aliphatic carbocycles. The third-order valence-corrected chi connectivity index (χ3v) is 6.20. The number of hydrogen-bond donors (Lipinski definition) is 1. The van der Waals surface area contributed by atoms with E-state index in [0.29, 0.717) is 15.4 Å². The molecule has 0 heterocycles. The van der Waals surface area contributed by atoms with Crippen molar-refractivity contribution in [2.24, 2.45) is 0 Å². The van der Waals surface area contributed by atoms with E-state index >= 15 is 0 Å². The Morgan fingerprint density at radius 3 is 2.29 bits per heavy atom. The van der Waals surface area contributed by atoms with Crippen molar-refractivity contribution in [1.82, 2.24) is 4.31 Å². The molecule has 0 atom stereocenters. The SMILES string of the molecule is CN(CC(=O)OCC(=O)Nc1cc(C(F)(F)F)ccc1Cl)S(=O)(=O)c1ccc(Cl)cc1. The molecule has 0 aliphatic heterocycles. The highest BCUT2D eigenvalue weighted by atomic mass is 35.5. The zero-order valence-electron chi connectivity index (χ0n) is 15.7. The van der Waals surface area contributed by atoms with Gasteiger partial charge in [-0.2, -0.15) is 17.5 Å². The Balaban J connectivity index is 1.94. The number of carbonyl (C=O) groups is 2. The summed E-state index contributed by atoms with van der Waals surface area (Å²) in [5.74, 6) is -2.01. The van der Waals surface area contributed by atoms with Crippen LogP contribution in [0, 0.1) is 0 Å². The van der Waals surface area contributed by atoms with E-state index < -0.39 is 46.8 Å². The minimum Gasteiger partial charge on any atom is -0.455 e. The van der Waals surface area contributed by atoms with E-state index in [1.165, 1.54) is 24.3 Å². The number of nitrogens with zero attached hydrogens (tertiary/aromatic N) is 1. The van der Waals surface area contributed by atoms with Crippen LogP contribution in [0.3, 0.4) is 0 Å². The van der Waals surface area contributed by atoms with E-state index in [9.17, 15) is 31.2 Å². The number of amides is 1. The van der Waals surface area contributed by atoms with Gasteiger partial charge in [-0.15, -0.1) is 0 Å². The second-order valence-electron chi connectivity index (χ2n) is 6.12. The average Bonchev–Trinajstić information content (AvgIpc) is 2.67. The molecule has 0 unspecified atom stereocenters. The number of alkyl halides is 3. The molecule has 2 aromatic rings. The molecule has 2 aromatic carbocycles. The Labute approximate surface area is 185 Å². The van der Waals surface area contributed by atoms with Crippen LogP contribution in [0.25, 0.3) is 0 Å². The van der Waals surface area contributed by atoms with Crippen molar-refractivity contribution in [3.63, 3.8) is 0 Å². The van der Waals surface area contributed by atoms with Crippen LogP contribution in [0.2, 0.25) is 10.0 Å². The fourth-order valence-corrected chi connectivity index (χ4v) is 3.63. The molecule has 13 heteroatoms. The van der Waals surface area contributed by atoms with E-state index in [4.69, 9.17) is 27.9 Å². The number of carbonyl (C=O) groups excluding carboxylic acids is 2. The Morgan fingerprint density at radius 2 is 1.71 bits per heavy atom. The van der Waals surface area contributed by atoms with E-state index in [-0.39, 0.29) is 15.6 Å². The number of likely N-dealkylation sites (N-methyl/N-ethyl adjacent to an activating group) is 1. The smallest absolute Gasteiger partial charge is 0.416 e. The Kier molecular flexibility index (Phi) is 7.93. The van der Waals surface area contributed by atoms with Crippen LogP contribution in [-0.4, -0.2) is 44.8 Å². The second-order valence-corrected chi connectivity index (χ2v) is 9.00. The molecule has 0 saturated carbocycles. The standard InChI is InChI=1S/C18H15Cl2F3N2O5S/c1-25(31(28,29)13-5-3-12(19)4-6-13)9-17(27)30-10-16(26)24-15-8-11(18(21,22)23)2-7-14(15)20/h2-8H,9-10H2,1H3,(H,24,26). The van der Waals surface area contributed by atoms with Crippen molar-refractivity contribution in [3.05, 3.63) is 58.1 Å². The van der Waals surface area contributed by atoms with Crippen LogP contribution in [0.15, 0.2) is 47.4 Å². The minimum absolute atomic E-state index is 0.107. The van der Waals surface area contributed by atoms with Gasteiger partial charge in [0, 0.05) is 12.1 Å². The molecule has 0 aromatic heterocycles. The van der Waals surface area contributed by atoms with Crippen LogP contribution in [0.5, 0.6) is 0 Å². The number of benzene rings is 2. The summed E-state index contributed by atoms with van der Waals surface area (Å²) < 4.78 is 68.5. The van der Waals surface area contributed by atoms with Gasteiger partial charge in [-0.05, 0) is 42.5 Å². The molecule has 2 rings (SSSR count). The van der Waals surface area contributed by atoms with Crippen molar-refractivity contribution in [2.45, 2.75) is 11.1 Å². The number of sulfonamides is 1. The van der Waals surface area contributed by atoms with Gasteiger partial charge in [-0.1, -0.05) is 23.2 Å². The fourth-order valence-electron chi connectivity index (χ4n) is 2.23. The summed E-state index contributed by atoms with van der Waals surface area (Å²) in [6.07, 6.45) is -4.64. The molecule has 0 spiro atoms. The first-order chi connectivity index (χ1) is 14.3. The maximum absolute atomic E-state index is 12.8. The van der Waals surface area contributed by atoms with Gasteiger partial charge in [0.1, 0.15) is 6.54 Å². The van der Waals surface area contributed by atoms with Crippen molar-refractivity contribution < 1.29 is 35.9 Å². The quantitative estimate of drug-likeness (QED) is 0.585. The summed E-state index contributed by atoms with van der Waals surface area (Å²) >= 11 is 11.5. The maximum atomic E-state index is 12.8. The molecule has 0 saturated heterocycles. The first-order valence-electron chi connectivity index (χ1n) is 8.35. The Bertz CT molecular complexity index is 1080. The second kappa shape index (κ2) is 9.86. The molecular weight excluding hydrogens is 484 g/mol. The van der Waals surface area contributed by atoms with Gasteiger partial charge in [0.15, 0.2) is 6.61 Å². The van der Waals surface area contributed by atoms with Gasteiger partial charge < -0.3 is 10.1 Å². The first-order valence-corrected chi connectivity index (χ1v) is 10.5. The van der Waals surface area contributed by atoms with E-state index in [2.05, 4.69) is 5.32 Å². The van der Waals surface area contributed by atoms with Gasteiger partial charge >= 0.3 is 12.1 Å². The third kappa shape index (κ3) is 6.82. The Morgan fingerprint density at radius 1 is 1.10 bits per heavy atom. The number of ether oxygens (including phenoxy) is 1. The minimum atomic E-state index is -4.64. The highest BCUT2D eigenvalue weighted by Crippen LogP contribution is 2.33. The van der Waals surface area contributed by atoms with Crippen molar-refractivity contribution >= 4 is 50.8 Å². The lowest BCUT2D eigenvalue weighted by atomic mass is 10.2. The van der Waals surface area contributed by atoms with Crippen LogP contribution >= 0.6 is 23.2 Å². The number of anilines is 1. The summed E-state index contributed by atoms with van der Waals surface area (Å²) in [6.45, 7) is -1.57. The highest BCUT2D eigenvalue weighted by Gasteiger charge is 2.31.